The van der Waals surface area contributed by atoms with Crippen LogP contribution < -0.4 is 5.32 Å². The number of aromatic hydroxyl groups is 1. The third kappa shape index (κ3) is 4.73. The van der Waals surface area contributed by atoms with Crippen molar-refractivity contribution in [2.45, 2.75) is 11.8 Å². The fourth-order valence-corrected chi connectivity index (χ4v) is 5.27. The summed E-state index contributed by atoms with van der Waals surface area (Å²) < 4.78 is 27.2. The van der Waals surface area contributed by atoms with Crippen LogP contribution in [0.3, 0.4) is 0 Å². The van der Waals surface area contributed by atoms with E-state index in [1.807, 2.05) is 13.0 Å². The van der Waals surface area contributed by atoms with Crippen molar-refractivity contribution in [3.8, 4) is 11.8 Å². The minimum absolute atomic E-state index is 0.0907. The van der Waals surface area contributed by atoms with Gasteiger partial charge in [0.1, 0.15) is 17.4 Å². The average molecular weight is 477 g/mol. The fraction of sp³-hybridized carbons (Fsp3) is 0.200. The number of hydrogen-bond acceptors (Lipinski definition) is 6. The van der Waals surface area contributed by atoms with E-state index in [1.54, 1.807) is 65.6 Å². The van der Waals surface area contributed by atoms with Crippen molar-refractivity contribution in [3.05, 3.63) is 78.0 Å². The number of benzene rings is 3. The summed E-state index contributed by atoms with van der Waals surface area (Å²) in [6, 6.07) is 18.8. The van der Waals surface area contributed by atoms with Crippen LogP contribution in [0.15, 0.2) is 77.3 Å². The lowest BCUT2D eigenvalue weighted by Gasteiger charge is -2.33. The molecule has 34 heavy (non-hydrogen) atoms. The highest BCUT2D eigenvalue weighted by molar-refractivity contribution is 7.89. The molecule has 2 N–H and O–H groups in total. The number of piperazine rings is 1. The van der Waals surface area contributed by atoms with Gasteiger partial charge < -0.3 is 15.3 Å². The van der Waals surface area contributed by atoms with Gasteiger partial charge in [0.2, 0.25) is 10.0 Å². The first kappa shape index (κ1) is 23.3. The van der Waals surface area contributed by atoms with E-state index in [2.05, 4.69) is 5.32 Å². The number of rotatable bonds is 5. The number of sulfonamides is 1. The largest absolute Gasteiger partial charge is 0.507 e. The van der Waals surface area contributed by atoms with Crippen LogP contribution in [0.2, 0.25) is 0 Å². The summed E-state index contributed by atoms with van der Waals surface area (Å²) in [7, 11) is -3.60. The number of amides is 1. The van der Waals surface area contributed by atoms with Gasteiger partial charge in [-0.2, -0.15) is 9.57 Å². The van der Waals surface area contributed by atoms with Crippen LogP contribution >= 0.6 is 0 Å². The lowest BCUT2D eigenvalue weighted by atomic mass is 10.1. The maximum Gasteiger partial charge on any atom is 0.267 e. The quantitative estimate of drug-likeness (QED) is 0.432. The molecule has 0 aliphatic carbocycles. The second kappa shape index (κ2) is 9.55. The standard InChI is InChI=1S/C25H24N4O4S/c1-18-8-10-20(11-9-18)34(32,33)29-14-12-28(13-15-29)17-19(16-26)25(31)27-23-6-2-5-22-21(23)4-3-7-24(22)30/h2-11,17,30H,12-15H2,1H3,(H,27,31)/b19-17-. The predicted octanol–water partition coefficient (Wildman–Crippen LogP) is 3.21. The van der Waals surface area contributed by atoms with Crippen molar-refractivity contribution in [1.29, 1.82) is 5.26 Å². The summed E-state index contributed by atoms with van der Waals surface area (Å²) in [6.45, 7) is 3.09. The normalized spacial score (nSPS) is 15.2. The van der Waals surface area contributed by atoms with E-state index in [9.17, 15) is 23.6 Å². The van der Waals surface area contributed by atoms with Gasteiger partial charge >= 0.3 is 0 Å². The van der Waals surface area contributed by atoms with Gasteiger partial charge in [-0.1, -0.05) is 42.0 Å². The first-order valence-electron chi connectivity index (χ1n) is 10.7. The maximum absolute atomic E-state index is 12.9. The Morgan fingerprint density at radius 3 is 2.32 bits per heavy atom. The number of carbonyl (C=O) groups excluding carboxylic acids is 1. The second-order valence-corrected chi connectivity index (χ2v) is 9.98. The van der Waals surface area contributed by atoms with Crippen LogP contribution in [0, 0.1) is 18.3 Å². The molecule has 3 aromatic carbocycles. The molecule has 0 radical (unpaired) electrons. The van der Waals surface area contributed by atoms with Crippen molar-refractivity contribution in [3.63, 3.8) is 0 Å². The first-order valence-corrected chi connectivity index (χ1v) is 12.2. The van der Waals surface area contributed by atoms with E-state index < -0.39 is 15.9 Å². The molecule has 1 fully saturated rings. The molecule has 174 valence electrons. The number of fused-ring (bicyclic) bond motifs is 1. The second-order valence-electron chi connectivity index (χ2n) is 8.04. The monoisotopic (exact) mass is 476 g/mol. The topological polar surface area (TPSA) is 114 Å². The zero-order valence-electron chi connectivity index (χ0n) is 18.6. The Labute approximate surface area is 198 Å². The molecular weight excluding hydrogens is 452 g/mol. The van der Waals surface area contributed by atoms with E-state index >= 15 is 0 Å². The summed E-state index contributed by atoms with van der Waals surface area (Å²) in [4.78, 5) is 14.8. The molecule has 8 nitrogen and oxygen atoms in total. The number of hydrogen-bond donors (Lipinski definition) is 2. The van der Waals surface area contributed by atoms with E-state index in [4.69, 9.17) is 0 Å². The molecule has 4 rings (SSSR count). The summed E-state index contributed by atoms with van der Waals surface area (Å²) in [6.07, 6.45) is 1.47. The van der Waals surface area contributed by atoms with E-state index in [0.717, 1.165) is 5.56 Å². The molecule has 1 amide bonds. The molecule has 0 bridgehead atoms. The predicted molar refractivity (Wildman–Crippen MR) is 129 cm³/mol. The van der Waals surface area contributed by atoms with Gasteiger partial charge in [0.15, 0.2) is 0 Å². The average Bonchev–Trinajstić information content (AvgIpc) is 2.83. The molecule has 1 saturated heterocycles. The lowest BCUT2D eigenvalue weighted by molar-refractivity contribution is -0.112. The lowest BCUT2D eigenvalue weighted by Crippen LogP contribution is -2.46. The van der Waals surface area contributed by atoms with E-state index in [0.29, 0.717) is 29.5 Å². The zero-order valence-corrected chi connectivity index (χ0v) is 19.4. The fourth-order valence-electron chi connectivity index (χ4n) is 3.85. The van der Waals surface area contributed by atoms with E-state index in [-0.39, 0.29) is 29.3 Å². The number of nitriles is 1. The molecular formula is C25H24N4O4S. The number of phenolic OH excluding ortho intramolecular Hbond substituents is 1. The minimum atomic E-state index is -3.60. The SMILES string of the molecule is Cc1ccc(S(=O)(=O)N2CCN(/C=C(/C#N)C(=O)Nc3cccc4c(O)cccc34)CC2)cc1. The van der Waals surface area contributed by atoms with Gasteiger partial charge in [-0.3, -0.25) is 4.79 Å². The van der Waals surface area contributed by atoms with Gasteiger partial charge in [0, 0.05) is 48.8 Å². The van der Waals surface area contributed by atoms with Crippen molar-refractivity contribution < 1.29 is 18.3 Å². The highest BCUT2D eigenvalue weighted by atomic mass is 32.2. The first-order chi connectivity index (χ1) is 16.3. The van der Waals surface area contributed by atoms with Crippen LogP contribution in [0.5, 0.6) is 5.75 Å². The van der Waals surface area contributed by atoms with Gasteiger partial charge in [-0.15, -0.1) is 0 Å². The Morgan fingerprint density at radius 1 is 1.00 bits per heavy atom. The molecule has 0 saturated carbocycles. The third-order valence-electron chi connectivity index (χ3n) is 5.76. The van der Waals surface area contributed by atoms with Crippen LogP contribution in [-0.4, -0.2) is 54.8 Å². The molecule has 9 heteroatoms. The number of phenols is 1. The van der Waals surface area contributed by atoms with Crippen molar-refractivity contribution in [2.75, 3.05) is 31.5 Å². The molecule has 0 spiro atoms. The maximum atomic E-state index is 12.9. The van der Waals surface area contributed by atoms with Crippen molar-refractivity contribution >= 4 is 32.4 Å². The number of anilines is 1. The minimum Gasteiger partial charge on any atom is -0.507 e. The molecule has 1 aliphatic heterocycles. The highest BCUT2D eigenvalue weighted by Crippen LogP contribution is 2.30. The van der Waals surface area contributed by atoms with Gasteiger partial charge in [0.05, 0.1) is 4.90 Å². The van der Waals surface area contributed by atoms with Crippen molar-refractivity contribution in [1.82, 2.24) is 9.21 Å². The van der Waals surface area contributed by atoms with E-state index in [1.165, 1.54) is 10.5 Å². The Kier molecular flexibility index (Phi) is 6.54. The smallest absolute Gasteiger partial charge is 0.267 e. The Bertz CT molecular complexity index is 1400. The summed E-state index contributed by atoms with van der Waals surface area (Å²) in [5.74, 6) is -0.476. The van der Waals surface area contributed by atoms with Gasteiger partial charge in [-0.05, 0) is 31.2 Å². The Hall–Kier alpha value is -3.87. The third-order valence-corrected chi connectivity index (χ3v) is 7.67. The summed E-state index contributed by atoms with van der Waals surface area (Å²) in [5, 5.41) is 23.6. The van der Waals surface area contributed by atoms with Crippen LogP contribution in [0.4, 0.5) is 5.69 Å². The molecule has 0 aromatic heterocycles. The number of nitrogens with one attached hydrogen (secondary N) is 1. The number of aryl methyl sites for hydroxylation is 1. The summed E-state index contributed by atoms with van der Waals surface area (Å²) >= 11 is 0. The Balaban J connectivity index is 1.45. The van der Waals surface area contributed by atoms with Crippen molar-refractivity contribution in [2.24, 2.45) is 0 Å². The number of carbonyl (C=O) groups is 1. The van der Waals surface area contributed by atoms with Gasteiger partial charge in [-0.25, -0.2) is 8.42 Å². The zero-order chi connectivity index (χ0) is 24.3. The van der Waals surface area contributed by atoms with Crippen LogP contribution in [0.25, 0.3) is 10.8 Å². The molecule has 0 atom stereocenters. The molecule has 1 aliphatic rings. The van der Waals surface area contributed by atoms with Gasteiger partial charge in [0.25, 0.3) is 5.91 Å². The highest BCUT2D eigenvalue weighted by Gasteiger charge is 2.28. The molecule has 3 aromatic rings. The molecule has 1 heterocycles. The number of nitrogens with zero attached hydrogens (tertiary/aromatic N) is 3. The molecule has 0 unspecified atom stereocenters. The Morgan fingerprint density at radius 2 is 1.65 bits per heavy atom. The van der Waals surface area contributed by atoms with Crippen LogP contribution in [-0.2, 0) is 14.8 Å². The summed E-state index contributed by atoms with van der Waals surface area (Å²) in [5.41, 5.74) is 1.37. The van der Waals surface area contributed by atoms with Crippen LogP contribution in [0.1, 0.15) is 5.56 Å².